The van der Waals surface area contributed by atoms with E-state index in [9.17, 15) is 18.0 Å². The number of halogens is 1. The topological polar surface area (TPSA) is 86.8 Å². The summed E-state index contributed by atoms with van der Waals surface area (Å²) in [6.07, 6.45) is 0.785. The van der Waals surface area contributed by atoms with Crippen molar-refractivity contribution in [1.82, 2.24) is 5.32 Å². The lowest BCUT2D eigenvalue weighted by Crippen LogP contribution is -2.39. The number of benzene rings is 2. The minimum Gasteiger partial charge on any atom is -0.355 e. The molecular weight excluding hydrogens is 426 g/mol. The molecule has 0 saturated carbocycles. The second-order valence-electron chi connectivity index (χ2n) is 7.44. The smallest absolute Gasteiger partial charge is 0.236 e. The Balaban J connectivity index is 1.32. The van der Waals surface area contributed by atoms with E-state index >= 15 is 0 Å². The predicted octanol–water partition coefficient (Wildman–Crippen LogP) is 2.20. The maximum Gasteiger partial charge on any atom is 0.236 e. The highest BCUT2D eigenvalue weighted by Gasteiger charge is 2.35. The molecule has 2 aromatic carbocycles. The van der Waals surface area contributed by atoms with Crippen LogP contribution in [0.5, 0.6) is 0 Å². The van der Waals surface area contributed by atoms with E-state index in [-0.39, 0.29) is 37.1 Å². The molecule has 0 radical (unpaired) electrons. The van der Waals surface area contributed by atoms with Crippen LogP contribution in [0.15, 0.2) is 48.5 Å². The molecule has 1 atom stereocenters. The number of carbonyl (C=O) groups is 2. The summed E-state index contributed by atoms with van der Waals surface area (Å²) in [5, 5.41) is 3.26. The Kier molecular flexibility index (Phi) is 5.71. The maximum absolute atomic E-state index is 12.7. The van der Waals surface area contributed by atoms with Gasteiger partial charge in [-0.15, -0.1) is 0 Å². The summed E-state index contributed by atoms with van der Waals surface area (Å²) in [4.78, 5) is 26.4. The van der Waals surface area contributed by atoms with E-state index in [4.69, 9.17) is 11.6 Å². The van der Waals surface area contributed by atoms with Crippen LogP contribution in [0.1, 0.15) is 12.0 Å². The van der Waals surface area contributed by atoms with Crippen LogP contribution < -0.4 is 14.5 Å². The highest BCUT2D eigenvalue weighted by atomic mass is 35.5. The Labute approximate surface area is 180 Å². The number of fused-ring (bicyclic) bond motifs is 1. The summed E-state index contributed by atoms with van der Waals surface area (Å²) in [6.45, 7) is 0.687. The standard InChI is InChI=1S/C21H22ClN3O4S/c22-17-5-7-18(8-6-17)24-14-16(13-20(24)26)21(27)23-10-12-30(28,29)25-11-9-15-3-1-2-4-19(15)25/h1-8,16H,9-14H2,(H,23,27). The zero-order valence-electron chi connectivity index (χ0n) is 16.3. The highest BCUT2D eigenvalue weighted by molar-refractivity contribution is 7.92. The minimum atomic E-state index is -3.53. The van der Waals surface area contributed by atoms with Gasteiger partial charge in [0.2, 0.25) is 21.8 Å². The molecule has 0 aliphatic carbocycles. The van der Waals surface area contributed by atoms with E-state index < -0.39 is 15.9 Å². The SMILES string of the molecule is O=C(NCCS(=O)(=O)N1CCc2ccccc21)C1CC(=O)N(c2ccc(Cl)cc2)C1. The van der Waals surface area contributed by atoms with Crippen LogP contribution in [0, 0.1) is 5.92 Å². The molecule has 0 bridgehead atoms. The van der Waals surface area contributed by atoms with Gasteiger partial charge in [-0.3, -0.25) is 13.9 Å². The number of rotatable bonds is 6. The van der Waals surface area contributed by atoms with Gasteiger partial charge >= 0.3 is 0 Å². The zero-order chi connectivity index (χ0) is 21.3. The maximum atomic E-state index is 12.7. The summed E-state index contributed by atoms with van der Waals surface area (Å²) in [6, 6.07) is 14.3. The molecule has 2 aromatic rings. The minimum absolute atomic E-state index is 0.00543. The summed E-state index contributed by atoms with van der Waals surface area (Å²) < 4.78 is 26.8. The first-order valence-electron chi connectivity index (χ1n) is 9.77. The molecule has 9 heteroatoms. The first kappa shape index (κ1) is 20.7. The van der Waals surface area contributed by atoms with E-state index in [1.165, 1.54) is 4.31 Å². The molecule has 4 rings (SSSR count). The largest absolute Gasteiger partial charge is 0.355 e. The zero-order valence-corrected chi connectivity index (χ0v) is 17.8. The van der Waals surface area contributed by atoms with Crippen LogP contribution >= 0.6 is 11.6 Å². The molecule has 0 aromatic heterocycles. The summed E-state index contributed by atoms with van der Waals surface area (Å²) in [7, 11) is -3.53. The molecule has 2 heterocycles. The van der Waals surface area contributed by atoms with Crippen LogP contribution in [0.25, 0.3) is 0 Å². The molecule has 0 spiro atoms. The fourth-order valence-corrected chi connectivity index (χ4v) is 5.46. The van der Waals surface area contributed by atoms with Gasteiger partial charge in [0.15, 0.2) is 0 Å². The van der Waals surface area contributed by atoms with Crippen molar-refractivity contribution < 1.29 is 18.0 Å². The van der Waals surface area contributed by atoms with Crippen molar-refractivity contribution in [2.75, 3.05) is 34.6 Å². The van der Waals surface area contributed by atoms with Gasteiger partial charge in [-0.1, -0.05) is 29.8 Å². The van der Waals surface area contributed by atoms with E-state index in [2.05, 4.69) is 5.32 Å². The van der Waals surface area contributed by atoms with Crippen LogP contribution in [0.2, 0.25) is 5.02 Å². The lowest BCUT2D eigenvalue weighted by atomic mass is 10.1. The quantitative estimate of drug-likeness (QED) is 0.735. The first-order chi connectivity index (χ1) is 14.3. The number of amides is 2. The number of nitrogens with one attached hydrogen (secondary N) is 1. The van der Waals surface area contributed by atoms with Crippen molar-refractivity contribution in [3.63, 3.8) is 0 Å². The fraction of sp³-hybridized carbons (Fsp3) is 0.333. The van der Waals surface area contributed by atoms with Gasteiger partial charge < -0.3 is 10.2 Å². The van der Waals surface area contributed by atoms with Gasteiger partial charge in [-0.2, -0.15) is 0 Å². The molecule has 1 N–H and O–H groups in total. The van der Waals surface area contributed by atoms with Gasteiger partial charge in [0.1, 0.15) is 0 Å². The normalized spacial score (nSPS) is 18.6. The monoisotopic (exact) mass is 447 g/mol. The van der Waals surface area contributed by atoms with Crippen LogP contribution in [-0.4, -0.2) is 45.6 Å². The molecule has 30 heavy (non-hydrogen) atoms. The van der Waals surface area contributed by atoms with Gasteiger partial charge in [-0.05, 0) is 42.3 Å². The average Bonchev–Trinajstić information content (AvgIpc) is 3.33. The van der Waals surface area contributed by atoms with E-state index in [0.29, 0.717) is 29.4 Å². The number of hydrogen-bond donors (Lipinski definition) is 1. The van der Waals surface area contributed by atoms with E-state index in [1.807, 2.05) is 18.2 Å². The van der Waals surface area contributed by atoms with Crippen molar-refractivity contribution in [2.24, 2.45) is 5.92 Å². The Hall–Kier alpha value is -2.58. The van der Waals surface area contributed by atoms with Crippen molar-refractivity contribution in [1.29, 1.82) is 0 Å². The second-order valence-corrected chi connectivity index (χ2v) is 9.89. The number of nitrogens with zero attached hydrogens (tertiary/aromatic N) is 2. The van der Waals surface area contributed by atoms with Crippen LogP contribution in [0.3, 0.4) is 0 Å². The molecule has 2 aliphatic rings. The first-order valence-corrected chi connectivity index (χ1v) is 11.8. The molecule has 2 amide bonds. The second kappa shape index (κ2) is 8.28. The Bertz CT molecular complexity index is 1070. The summed E-state index contributed by atoms with van der Waals surface area (Å²) >= 11 is 5.88. The summed E-state index contributed by atoms with van der Waals surface area (Å²) in [5.74, 6) is -1.15. The van der Waals surface area contributed by atoms with Crippen LogP contribution in [0.4, 0.5) is 11.4 Å². The third kappa shape index (κ3) is 4.15. The number of anilines is 2. The average molecular weight is 448 g/mol. The Morgan fingerprint density at radius 1 is 1.13 bits per heavy atom. The van der Waals surface area contributed by atoms with Crippen molar-refractivity contribution in [2.45, 2.75) is 12.8 Å². The van der Waals surface area contributed by atoms with E-state index in [0.717, 1.165) is 5.56 Å². The molecule has 1 saturated heterocycles. The summed E-state index contributed by atoms with van der Waals surface area (Å²) in [5.41, 5.74) is 2.41. The molecule has 2 aliphatic heterocycles. The van der Waals surface area contributed by atoms with Gasteiger partial charge in [0.05, 0.1) is 17.4 Å². The lowest BCUT2D eigenvalue weighted by molar-refractivity contribution is -0.126. The number of carbonyl (C=O) groups excluding carboxylic acids is 2. The van der Waals surface area contributed by atoms with Gasteiger partial charge in [-0.25, -0.2) is 8.42 Å². The Morgan fingerprint density at radius 2 is 1.87 bits per heavy atom. The molecule has 7 nitrogen and oxygen atoms in total. The van der Waals surface area contributed by atoms with Gasteiger partial charge in [0.25, 0.3) is 0 Å². The van der Waals surface area contributed by atoms with Crippen molar-refractivity contribution in [3.8, 4) is 0 Å². The molecule has 1 unspecified atom stereocenters. The fourth-order valence-electron chi connectivity index (χ4n) is 3.91. The van der Waals surface area contributed by atoms with Crippen LogP contribution in [-0.2, 0) is 26.0 Å². The van der Waals surface area contributed by atoms with Crippen molar-refractivity contribution in [3.05, 3.63) is 59.1 Å². The molecular formula is C21H22ClN3O4S. The van der Waals surface area contributed by atoms with Gasteiger partial charge in [0, 0.05) is 36.8 Å². The third-order valence-corrected chi connectivity index (χ3v) is 7.50. The molecule has 158 valence electrons. The third-order valence-electron chi connectivity index (χ3n) is 5.47. The lowest BCUT2D eigenvalue weighted by Gasteiger charge is -2.20. The molecule has 1 fully saturated rings. The highest BCUT2D eigenvalue weighted by Crippen LogP contribution is 2.30. The number of sulfonamides is 1. The van der Waals surface area contributed by atoms with Crippen molar-refractivity contribution >= 4 is 44.8 Å². The predicted molar refractivity (Wildman–Crippen MR) is 116 cm³/mol. The number of hydrogen-bond acceptors (Lipinski definition) is 4. The number of para-hydroxylation sites is 1. The van der Waals surface area contributed by atoms with E-state index in [1.54, 1.807) is 35.2 Å². The Morgan fingerprint density at radius 3 is 2.63 bits per heavy atom.